The van der Waals surface area contributed by atoms with Gasteiger partial charge in [0.1, 0.15) is 0 Å². The van der Waals surface area contributed by atoms with E-state index in [1.54, 1.807) is 41.9 Å². The Morgan fingerprint density at radius 2 is 1.70 bits per heavy atom. The minimum atomic E-state index is -0.644. The van der Waals surface area contributed by atoms with Crippen molar-refractivity contribution < 1.29 is 23.9 Å². The topological polar surface area (TPSA) is 99.5 Å². The molecule has 0 spiro atoms. The Morgan fingerprint density at radius 3 is 2.36 bits per heavy atom. The number of esters is 2. The number of rotatable bonds is 8. The van der Waals surface area contributed by atoms with E-state index in [1.807, 2.05) is 44.2 Å². The number of aryl methyl sites for hydroxylation is 1. The van der Waals surface area contributed by atoms with Gasteiger partial charge in [-0.05, 0) is 63.2 Å². The number of anilines is 1. The second-order valence-corrected chi connectivity index (χ2v) is 7.12. The highest BCUT2D eigenvalue weighted by Gasteiger charge is 2.12. The average Bonchev–Trinajstić information content (AvgIpc) is 3.10. The zero-order valence-electron chi connectivity index (χ0n) is 18.7. The van der Waals surface area contributed by atoms with Crippen LogP contribution in [0.4, 0.5) is 5.69 Å². The molecule has 1 heterocycles. The first-order valence-corrected chi connectivity index (χ1v) is 10.4. The van der Waals surface area contributed by atoms with E-state index in [0.29, 0.717) is 11.3 Å². The smallest absolute Gasteiger partial charge is 0.338 e. The number of carbonyl (C=O) groups is 3. The maximum atomic E-state index is 12.1. The molecule has 0 aliphatic rings. The van der Waals surface area contributed by atoms with Crippen LogP contribution in [0.1, 0.15) is 34.2 Å². The van der Waals surface area contributed by atoms with E-state index in [9.17, 15) is 14.4 Å². The summed E-state index contributed by atoms with van der Waals surface area (Å²) in [6.45, 7) is 5.34. The van der Waals surface area contributed by atoms with Crippen LogP contribution >= 0.6 is 0 Å². The second-order valence-electron chi connectivity index (χ2n) is 7.12. The van der Waals surface area contributed by atoms with Crippen LogP contribution in [0.3, 0.4) is 0 Å². The molecule has 0 unspecified atom stereocenters. The minimum Gasteiger partial charge on any atom is -0.462 e. The van der Waals surface area contributed by atoms with Crippen LogP contribution in [-0.2, 0) is 19.1 Å². The van der Waals surface area contributed by atoms with Crippen molar-refractivity contribution in [2.45, 2.75) is 20.8 Å². The van der Waals surface area contributed by atoms with Crippen LogP contribution in [-0.4, -0.2) is 40.8 Å². The average molecular weight is 447 g/mol. The molecule has 3 aromatic rings. The third-order valence-electron chi connectivity index (χ3n) is 4.76. The minimum absolute atomic E-state index is 0.283. The molecular formula is C25H25N3O5. The zero-order chi connectivity index (χ0) is 23.8. The molecule has 8 nitrogen and oxygen atoms in total. The molecule has 0 aliphatic carbocycles. The van der Waals surface area contributed by atoms with Crippen LogP contribution in [0.15, 0.2) is 60.7 Å². The Kier molecular flexibility index (Phi) is 7.75. The number of nitrogens with zero attached hydrogens (tertiary/aromatic N) is 2. The van der Waals surface area contributed by atoms with Gasteiger partial charge in [0.2, 0.25) is 0 Å². The first kappa shape index (κ1) is 23.5. The summed E-state index contributed by atoms with van der Waals surface area (Å²) in [6.07, 6.45) is 2.90. The zero-order valence-corrected chi connectivity index (χ0v) is 18.7. The van der Waals surface area contributed by atoms with Crippen molar-refractivity contribution in [3.05, 3.63) is 83.2 Å². The van der Waals surface area contributed by atoms with Gasteiger partial charge < -0.3 is 14.8 Å². The van der Waals surface area contributed by atoms with Gasteiger partial charge in [0.25, 0.3) is 5.91 Å². The monoisotopic (exact) mass is 447 g/mol. The fourth-order valence-electron chi connectivity index (χ4n) is 3.15. The van der Waals surface area contributed by atoms with Crippen molar-refractivity contribution in [2.75, 3.05) is 18.5 Å². The van der Waals surface area contributed by atoms with Crippen LogP contribution in [0.2, 0.25) is 0 Å². The number of ether oxygens (including phenoxy) is 2. The standard InChI is InChI=1S/C25H25N3O5/c1-4-32-25(31)19-10-12-20(13-11-19)26-23(29)16-33-24(30)15-14-22-17(2)27-28(18(22)3)21-8-6-5-7-9-21/h5-15H,4,16H2,1-3H3,(H,26,29)/b15-14+. The summed E-state index contributed by atoms with van der Waals surface area (Å²) in [7, 11) is 0. The number of benzene rings is 2. The lowest BCUT2D eigenvalue weighted by Gasteiger charge is -2.06. The van der Waals surface area contributed by atoms with Crippen LogP contribution in [0.25, 0.3) is 11.8 Å². The molecule has 8 heteroatoms. The Labute approximate surface area is 191 Å². The van der Waals surface area contributed by atoms with Gasteiger partial charge in [-0.3, -0.25) is 4.79 Å². The molecule has 1 amide bonds. The fourth-order valence-corrected chi connectivity index (χ4v) is 3.15. The van der Waals surface area contributed by atoms with Gasteiger partial charge in [-0.2, -0.15) is 5.10 Å². The molecule has 0 saturated heterocycles. The number of hydrogen-bond acceptors (Lipinski definition) is 6. The van der Waals surface area contributed by atoms with Gasteiger partial charge in [0.05, 0.1) is 23.6 Å². The lowest BCUT2D eigenvalue weighted by molar-refractivity contribution is -0.142. The normalized spacial score (nSPS) is 10.8. The van der Waals surface area contributed by atoms with E-state index in [4.69, 9.17) is 9.47 Å². The maximum Gasteiger partial charge on any atom is 0.338 e. The molecule has 1 N–H and O–H groups in total. The maximum absolute atomic E-state index is 12.1. The number of amides is 1. The van der Waals surface area contributed by atoms with E-state index in [0.717, 1.165) is 22.6 Å². The van der Waals surface area contributed by atoms with Crippen LogP contribution in [0.5, 0.6) is 0 Å². The lowest BCUT2D eigenvalue weighted by Crippen LogP contribution is -2.20. The summed E-state index contributed by atoms with van der Waals surface area (Å²) >= 11 is 0. The third-order valence-corrected chi connectivity index (χ3v) is 4.76. The van der Waals surface area contributed by atoms with Crippen molar-refractivity contribution in [3.8, 4) is 5.69 Å². The predicted molar refractivity (Wildman–Crippen MR) is 124 cm³/mol. The van der Waals surface area contributed by atoms with Crippen molar-refractivity contribution >= 4 is 29.6 Å². The lowest BCUT2D eigenvalue weighted by atomic mass is 10.2. The summed E-state index contributed by atoms with van der Waals surface area (Å²) in [5.74, 6) is -1.57. The molecule has 1 aromatic heterocycles. The molecule has 0 saturated carbocycles. The summed E-state index contributed by atoms with van der Waals surface area (Å²) in [5.41, 5.74) is 4.23. The van der Waals surface area contributed by atoms with E-state index in [1.165, 1.54) is 6.08 Å². The number of hydrogen-bond donors (Lipinski definition) is 1. The summed E-state index contributed by atoms with van der Waals surface area (Å²) in [6, 6.07) is 15.9. The molecule has 0 bridgehead atoms. The van der Waals surface area contributed by atoms with Gasteiger partial charge in [0, 0.05) is 23.0 Å². The Hall–Kier alpha value is -4.20. The number of nitrogens with one attached hydrogen (secondary N) is 1. The van der Waals surface area contributed by atoms with Gasteiger partial charge in [-0.1, -0.05) is 18.2 Å². The third kappa shape index (κ3) is 6.16. The Morgan fingerprint density at radius 1 is 1.00 bits per heavy atom. The molecular weight excluding hydrogens is 422 g/mol. The summed E-state index contributed by atoms with van der Waals surface area (Å²) in [4.78, 5) is 35.8. The molecule has 0 atom stereocenters. The van der Waals surface area contributed by atoms with Crippen molar-refractivity contribution in [3.63, 3.8) is 0 Å². The first-order valence-electron chi connectivity index (χ1n) is 10.4. The highest BCUT2D eigenvalue weighted by molar-refractivity contribution is 5.95. The molecule has 3 rings (SSSR count). The molecule has 0 radical (unpaired) electrons. The highest BCUT2D eigenvalue weighted by Crippen LogP contribution is 2.19. The molecule has 170 valence electrons. The molecule has 33 heavy (non-hydrogen) atoms. The quantitative estimate of drug-likeness (QED) is 0.416. The Bertz CT molecular complexity index is 1160. The van der Waals surface area contributed by atoms with Crippen molar-refractivity contribution in [1.82, 2.24) is 9.78 Å². The van der Waals surface area contributed by atoms with Crippen molar-refractivity contribution in [2.24, 2.45) is 0 Å². The first-order chi connectivity index (χ1) is 15.9. The fraction of sp³-hybridized carbons (Fsp3) is 0.200. The Balaban J connectivity index is 1.54. The van der Waals surface area contributed by atoms with Gasteiger partial charge in [-0.25, -0.2) is 14.3 Å². The predicted octanol–water partition coefficient (Wildman–Crippen LogP) is 3.86. The van der Waals surface area contributed by atoms with Gasteiger partial charge >= 0.3 is 11.9 Å². The van der Waals surface area contributed by atoms with E-state index < -0.39 is 24.5 Å². The molecule has 0 aliphatic heterocycles. The number of para-hydroxylation sites is 1. The van der Waals surface area contributed by atoms with E-state index in [2.05, 4.69) is 10.4 Å². The van der Waals surface area contributed by atoms with Gasteiger partial charge in [0.15, 0.2) is 6.61 Å². The number of aromatic nitrogens is 2. The number of carbonyl (C=O) groups excluding carboxylic acids is 3. The summed E-state index contributed by atoms with van der Waals surface area (Å²) in [5, 5.41) is 7.13. The highest BCUT2D eigenvalue weighted by atomic mass is 16.5. The van der Waals surface area contributed by atoms with Crippen LogP contribution in [0, 0.1) is 13.8 Å². The largest absolute Gasteiger partial charge is 0.462 e. The molecule has 2 aromatic carbocycles. The SMILES string of the molecule is CCOC(=O)c1ccc(NC(=O)COC(=O)/C=C/c2c(C)nn(-c3ccccc3)c2C)cc1. The van der Waals surface area contributed by atoms with Crippen LogP contribution < -0.4 is 5.32 Å². The molecule has 0 fully saturated rings. The summed E-state index contributed by atoms with van der Waals surface area (Å²) < 4.78 is 11.7. The van der Waals surface area contributed by atoms with E-state index in [-0.39, 0.29) is 6.61 Å². The van der Waals surface area contributed by atoms with Crippen molar-refractivity contribution in [1.29, 1.82) is 0 Å². The second kappa shape index (κ2) is 10.9. The van der Waals surface area contributed by atoms with Gasteiger partial charge in [-0.15, -0.1) is 0 Å². The van der Waals surface area contributed by atoms with E-state index >= 15 is 0 Å².